The minimum Gasteiger partial charge on any atom is -0.410 e. The minimum absolute atomic E-state index is 0.0806. The third-order valence-electron chi connectivity index (χ3n) is 1.90. The number of nitrogens with two attached hydrogens (primary N) is 1. The summed E-state index contributed by atoms with van der Waals surface area (Å²) in [7, 11) is 0. The highest BCUT2D eigenvalue weighted by molar-refractivity contribution is 5.68. The lowest BCUT2D eigenvalue weighted by molar-refractivity contribution is 0.211. The minimum atomic E-state index is -0.962. The molecule has 0 aliphatic rings. The van der Waals surface area contributed by atoms with Gasteiger partial charge in [-0.2, -0.15) is 0 Å². The summed E-state index contributed by atoms with van der Waals surface area (Å²) in [6.45, 7) is 0.161. The van der Waals surface area contributed by atoms with Crippen LogP contribution in [0.2, 0.25) is 0 Å². The molecule has 0 heterocycles. The van der Waals surface area contributed by atoms with Crippen LogP contribution < -0.4 is 10.5 Å². The molecule has 0 aliphatic carbocycles. The van der Waals surface area contributed by atoms with E-state index in [1.807, 2.05) is 0 Å². The second-order valence-electron chi connectivity index (χ2n) is 3.22. The third-order valence-corrected chi connectivity index (χ3v) is 1.90. The molecule has 7 heteroatoms. The van der Waals surface area contributed by atoms with Gasteiger partial charge in [0.05, 0.1) is 13.1 Å². The molecule has 0 saturated carbocycles. The van der Waals surface area contributed by atoms with E-state index in [-0.39, 0.29) is 18.8 Å². The molecular weight excluding hydrogens is 238 g/mol. The highest BCUT2D eigenvalue weighted by Gasteiger charge is 2.04. The molecule has 0 saturated heterocycles. The number of isocyanates is 2. The van der Waals surface area contributed by atoms with Gasteiger partial charge in [0.1, 0.15) is 5.75 Å². The summed E-state index contributed by atoms with van der Waals surface area (Å²) in [4.78, 5) is 37.5. The molecule has 1 aromatic carbocycles. The standard InChI is InChI=1S/C11H9N3O4/c12-11(17)18-10-2-8(4-13-6-15)1-9(3-10)5-14-7-16/h1-3H,4-5H2,(H2,12,17). The van der Waals surface area contributed by atoms with Crippen LogP contribution in [0.4, 0.5) is 4.79 Å². The predicted octanol–water partition coefficient (Wildman–Crippen LogP) is 0.816. The molecule has 0 bridgehead atoms. The van der Waals surface area contributed by atoms with Crippen molar-refractivity contribution in [1.82, 2.24) is 0 Å². The van der Waals surface area contributed by atoms with Crippen molar-refractivity contribution in [2.75, 3.05) is 0 Å². The molecule has 0 fully saturated rings. The third kappa shape index (κ3) is 4.40. The van der Waals surface area contributed by atoms with Crippen molar-refractivity contribution in [3.05, 3.63) is 29.3 Å². The molecule has 18 heavy (non-hydrogen) atoms. The molecule has 1 amide bonds. The number of carbonyl (C=O) groups is 1. The normalized spacial score (nSPS) is 8.89. The van der Waals surface area contributed by atoms with Crippen LogP contribution >= 0.6 is 0 Å². The zero-order valence-corrected chi connectivity index (χ0v) is 9.25. The summed E-state index contributed by atoms with van der Waals surface area (Å²) in [6.07, 6.45) is 1.83. The molecule has 2 N–H and O–H groups in total. The summed E-state index contributed by atoms with van der Waals surface area (Å²) in [5.74, 6) is 0.192. The van der Waals surface area contributed by atoms with Gasteiger partial charge in [-0.15, -0.1) is 0 Å². The lowest BCUT2D eigenvalue weighted by Gasteiger charge is -2.05. The molecule has 0 spiro atoms. The fourth-order valence-electron chi connectivity index (χ4n) is 1.33. The Hall–Kier alpha value is -2.75. The van der Waals surface area contributed by atoms with Crippen LogP contribution in [0.25, 0.3) is 0 Å². The van der Waals surface area contributed by atoms with E-state index in [2.05, 4.69) is 9.98 Å². The number of benzene rings is 1. The molecule has 1 aromatic rings. The van der Waals surface area contributed by atoms with Gasteiger partial charge in [-0.25, -0.2) is 24.4 Å². The van der Waals surface area contributed by atoms with Crippen molar-refractivity contribution in [1.29, 1.82) is 0 Å². The molecule has 0 radical (unpaired) electrons. The highest BCUT2D eigenvalue weighted by atomic mass is 16.5. The fourth-order valence-corrected chi connectivity index (χ4v) is 1.33. The molecule has 0 unspecified atom stereocenters. The van der Waals surface area contributed by atoms with E-state index in [0.717, 1.165) is 0 Å². The summed E-state index contributed by atoms with van der Waals surface area (Å²) >= 11 is 0. The molecule has 7 nitrogen and oxygen atoms in total. The van der Waals surface area contributed by atoms with Crippen molar-refractivity contribution in [3.63, 3.8) is 0 Å². The van der Waals surface area contributed by atoms with Crippen LogP contribution in [0, 0.1) is 0 Å². The van der Waals surface area contributed by atoms with Crippen LogP contribution in [-0.4, -0.2) is 18.3 Å². The van der Waals surface area contributed by atoms with Crippen molar-refractivity contribution in [3.8, 4) is 5.75 Å². The number of aliphatic imine (C=N–C) groups is 2. The second-order valence-corrected chi connectivity index (χ2v) is 3.22. The Balaban J connectivity index is 3.05. The number of hydrogen-bond donors (Lipinski definition) is 1. The lowest BCUT2D eigenvalue weighted by atomic mass is 10.1. The van der Waals surface area contributed by atoms with E-state index >= 15 is 0 Å². The van der Waals surface area contributed by atoms with Crippen molar-refractivity contribution < 1.29 is 19.1 Å². The molecule has 0 atom stereocenters. The van der Waals surface area contributed by atoms with Gasteiger partial charge in [0.25, 0.3) is 0 Å². The van der Waals surface area contributed by atoms with E-state index in [9.17, 15) is 14.4 Å². The Bertz CT molecular complexity index is 472. The first kappa shape index (κ1) is 13.3. The second kappa shape index (κ2) is 6.75. The maximum absolute atomic E-state index is 10.6. The van der Waals surface area contributed by atoms with E-state index < -0.39 is 6.09 Å². The number of hydrogen-bond acceptors (Lipinski definition) is 6. The lowest BCUT2D eigenvalue weighted by Crippen LogP contribution is -2.16. The van der Waals surface area contributed by atoms with E-state index in [0.29, 0.717) is 11.1 Å². The van der Waals surface area contributed by atoms with Crippen LogP contribution in [0.5, 0.6) is 5.75 Å². The Labute approximate surface area is 102 Å². The van der Waals surface area contributed by atoms with Gasteiger partial charge in [-0.05, 0) is 23.3 Å². The van der Waals surface area contributed by atoms with Crippen molar-refractivity contribution >= 4 is 18.3 Å². The fraction of sp³-hybridized carbons (Fsp3) is 0.182. The first-order valence-corrected chi connectivity index (χ1v) is 4.83. The quantitative estimate of drug-likeness (QED) is 0.613. The van der Waals surface area contributed by atoms with Gasteiger partial charge < -0.3 is 10.5 Å². The summed E-state index contributed by atoms with van der Waals surface area (Å²) in [5, 5.41) is 0. The molecule has 0 aliphatic heterocycles. The van der Waals surface area contributed by atoms with Gasteiger partial charge in [-0.3, -0.25) is 0 Å². The number of rotatable bonds is 5. The molecule has 92 valence electrons. The summed E-state index contributed by atoms with van der Waals surface area (Å²) < 4.78 is 4.71. The van der Waals surface area contributed by atoms with Gasteiger partial charge in [0.2, 0.25) is 12.2 Å². The first-order chi connectivity index (χ1) is 8.65. The maximum Gasteiger partial charge on any atom is 0.409 e. The van der Waals surface area contributed by atoms with Crippen LogP contribution in [0.15, 0.2) is 28.2 Å². The first-order valence-electron chi connectivity index (χ1n) is 4.83. The number of ether oxygens (including phenoxy) is 1. The Kier molecular flexibility index (Phi) is 4.99. The van der Waals surface area contributed by atoms with Crippen LogP contribution in [0.3, 0.4) is 0 Å². The van der Waals surface area contributed by atoms with Crippen molar-refractivity contribution in [2.24, 2.45) is 15.7 Å². The number of primary amides is 1. The van der Waals surface area contributed by atoms with E-state index in [1.165, 1.54) is 24.3 Å². The number of nitrogens with zero attached hydrogens (tertiary/aromatic N) is 2. The highest BCUT2D eigenvalue weighted by Crippen LogP contribution is 2.19. The monoisotopic (exact) mass is 247 g/mol. The van der Waals surface area contributed by atoms with Crippen LogP contribution in [0.1, 0.15) is 11.1 Å². The number of carbonyl (C=O) groups excluding carboxylic acids is 3. The maximum atomic E-state index is 10.6. The predicted molar refractivity (Wildman–Crippen MR) is 60.3 cm³/mol. The Morgan fingerprint density at radius 2 is 1.61 bits per heavy atom. The number of amides is 1. The Morgan fingerprint density at radius 3 is 2.00 bits per heavy atom. The molecule has 1 rings (SSSR count). The topological polar surface area (TPSA) is 111 Å². The molecule has 0 aromatic heterocycles. The average Bonchev–Trinajstić information content (AvgIpc) is 2.33. The average molecular weight is 247 g/mol. The zero-order chi connectivity index (χ0) is 13.4. The van der Waals surface area contributed by atoms with E-state index in [1.54, 1.807) is 6.07 Å². The largest absolute Gasteiger partial charge is 0.410 e. The molecular formula is C11H9N3O4. The van der Waals surface area contributed by atoms with Crippen LogP contribution in [-0.2, 0) is 22.7 Å². The smallest absolute Gasteiger partial charge is 0.409 e. The summed E-state index contributed by atoms with van der Waals surface area (Å²) in [6, 6.07) is 4.66. The van der Waals surface area contributed by atoms with E-state index in [4.69, 9.17) is 10.5 Å². The summed E-state index contributed by atoms with van der Waals surface area (Å²) in [5.41, 5.74) is 6.10. The van der Waals surface area contributed by atoms with Gasteiger partial charge in [0.15, 0.2) is 0 Å². The Morgan fingerprint density at radius 1 is 1.11 bits per heavy atom. The van der Waals surface area contributed by atoms with Gasteiger partial charge in [-0.1, -0.05) is 6.07 Å². The van der Waals surface area contributed by atoms with Gasteiger partial charge in [0, 0.05) is 0 Å². The zero-order valence-electron chi connectivity index (χ0n) is 9.25. The van der Waals surface area contributed by atoms with Crippen molar-refractivity contribution in [2.45, 2.75) is 13.1 Å². The van der Waals surface area contributed by atoms with Gasteiger partial charge >= 0.3 is 6.09 Å². The SMILES string of the molecule is NC(=O)Oc1cc(CN=C=O)cc(CN=C=O)c1.